The minimum absolute atomic E-state index is 0.323. The fourth-order valence-electron chi connectivity index (χ4n) is 3.70. The minimum atomic E-state index is -0.399. The number of guanidine groups is 1. The fraction of sp³-hybridized carbons (Fsp3) is 0.192. The van der Waals surface area contributed by atoms with Crippen LogP contribution in [0.3, 0.4) is 0 Å². The second-order valence-electron chi connectivity index (χ2n) is 8.09. The summed E-state index contributed by atoms with van der Waals surface area (Å²) in [4.78, 5) is 28.5. The molecule has 2 heterocycles. The number of esters is 1. The van der Waals surface area contributed by atoms with Crippen molar-refractivity contribution in [2.24, 2.45) is 4.99 Å². The van der Waals surface area contributed by atoms with Crippen LogP contribution in [0.4, 0.5) is 11.6 Å². The van der Waals surface area contributed by atoms with Crippen molar-refractivity contribution >= 4 is 51.8 Å². The maximum atomic E-state index is 11.7. The third-order valence-corrected chi connectivity index (χ3v) is 5.54. The number of para-hydroxylation sites is 1. The van der Waals surface area contributed by atoms with Gasteiger partial charge in [0, 0.05) is 40.7 Å². The molecule has 0 unspecified atom stereocenters. The van der Waals surface area contributed by atoms with Crippen molar-refractivity contribution in [2.75, 3.05) is 24.3 Å². The van der Waals surface area contributed by atoms with E-state index in [1.165, 1.54) is 18.1 Å². The molecule has 0 radical (unpaired) electrons. The molecule has 0 saturated carbocycles. The Bertz CT molecular complexity index is 1390. The molecule has 184 valence electrons. The number of benzene rings is 2. The Labute approximate surface area is 214 Å². The first-order valence-corrected chi connectivity index (χ1v) is 11.8. The quantitative estimate of drug-likeness (QED) is 0.133. The molecule has 9 nitrogen and oxygen atoms in total. The predicted molar refractivity (Wildman–Crippen MR) is 147 cm³/mol. The summed E-state index contributed by atoms with van der Waals surface area (Å²) in [5, 5.41) is 10.8. The molecule has 2 aromatic carbocycles. The lowest BCUT2D eigenvalue weighted by atomic mass is 10.1. The van der Waals surface area contributed by atoms with Gasteiger partial charge in [-0.05, 0) is 74.4 Å². The number of aliphatic imine (C=N–C) groups is 1. The van der Waals surface area contributed by atoms with Crippen molar-refractivity contribution < 1.29 is 9.53 Å². The number of hydrogen-bond acceptors (Lipinski definition) is 6. The number of aryl methyl sites for hydroxylation is 2. The molecule has 4 aromatic rings. The van der Waals surface area contributed by atoms with Crippen LogP contribution in [0.5, 0.6) is 0 Å². The molecule has 4 rings (SSSR count). The van der Waals surface area contributed by atoms with Gasteiger partial charge in [0.2, 0.25) is 11.9 Å². The van der Waals surface area contributed by atoms with Crippen LogP contribution < -0.4 is 16.0 Å². The second-order valence-corrected chi connectivity index (χ2v) is 8.50. The summed E-state index contributed by atoms with van der Waals surface area (Å²) in [6, 6.07) is 16.9. The van der Waals surface area contributed by atoms with Gasteiger partial charge in [0.1, 0.15) is 0 Å². The van der Waals surface area contributed by atoms with Crippen molar-refractivity contribution in [1.82, 2.24) is 20.3 Å². The van der Waals surface area contributed by atoms with Crippen LogP contribution in [0.25, 0.3) is 10.9 Å². The number of ether oxygens (including phenoxy) is 1. The lowest BCUT2D eigenvalue weighted by Gasteiger charge is -2.14. The van der Waals surface area contributed by atoms with E-state index in [4.69, 9.17) is 21.9 Å². The molecule has 0 aliphatic rings. The Balaban J connectivity index is 1.47. The average Bonchev–Trinajstić information content (AvgIpc) is 3.26. The minimum Gasteiger partial charge on any atom is -0.465 e. The fourth-order valence-corrected chi connectivity index (χ4v) is 3.92. The summed E-state index contributed by atoms with van der Waals surface area (Å²) in [7, 11) is 1.35. The summed E-state index contributed by atoms with van der Waals surface area (Å²) in [6.07, 6.45) is 2.75. The molecular formula is C26H27N7O2S. The van der Waals surface area contributed by atoms with Crippen LogP contribution in [0.15, 0.2) is 65.8 Å². The largest absolute Gasteiger partial charge is 0.465 e. The second kappa shape index (κ2) is 11.4. The molecule has 10 heteroatoms. The van der Waals surface area contributed by atoms with E-state index in [2.05, 4.69) is 43.0 Å². The van der Waals surface area contributed by atoms with E-state index in [1.807, 2.05) is 38.2 Å². The van der Waals surface area contributed by atoms with Gasteiger partial charge >= 0.3 is 5.97 Å². The first-order chi connectivity index (χ1) is 17.4. The summed E-state index contributed by atoms with van der Waals surface area (Å²) >= 11 is 5.50. The highest BCUT2D eigenvalue weighted by atomic mass is 32.1. The van der Waals surface area contributed by atoms with Gasteiger partial charge in [-0.2, -0.15) is 0 Å². The summed E-state index contributed by atoms with van der Waals surface area (Å²) < 4.78 is 4.74. The van der Waals surface area contributed by atoms with Gasteiger partial charge in [0.25, 0.3) is 0 Å². The normalized spacial score (nSPS) is 11.2. The number of carbonyl (C=O) groups is 1. The molecule has 0 atom stereocenters. The third kappa shape index (κ3) is 6.42. The zero-order valence-corrected chi connectivity index (χ0v) is 21.1. The zero-order chi connectivity index (χ0) is 25.5. The smallest absolute Gasteiger partial charge is 0.337 e. The molecule has 0 aliphatic carbocycles. The Hall–Kier alpha value is -4.31. The maximum Gasteiger partial charge on any atom is 0.337 e. The van der Waals surface area contributed by atoms with Crippen molar-refractivity contribution in [1.29, 1.82) is 0 Å². The topological polar surface area (TPSA) is 116 Å². The number of anilines is 2. The van der Waals surface area contributed by atoms with Crippen LogP contribution in [-0.2, 0) is 11.2 Å². The van der Waals surface area contributed by atoms with Gasteiger partial charge in [-0.15, -0.1) is 0 Å². The number of aromatic nitrogens is 3. The number of nitrogens with one attached hydrogen (secondary N) is 4. The number of aromatic amines is 1. The Morgan fingerprint density at radius 3 is 2.50 bits per heavy atom. The number of hydrogen-bond donors (Lipinski definition) is 4. The van der Waals surface area contributed by atoms with E-state index in [9.17, 15) is 4.79 Å². The number of thiocarbonyl (C=S) groups is 1. The molecule has 0 spiro atoms. The molecular weight excluding hydrogens is 474 g/mol. The number of carbonyl (C=O) groups excluding carboxylic acids is 1. The summed E-state index contributed by atoms with van der Waals surface area (Å²) in [5.41, 5.74) is 5.13. The highest BCUT2D eigenvalue weighted by Gasteiger charge is 2.09. The third-order valence-electron chi connectivity index (χ3n) is 5.33. The predicted octanol–water partition coefficient (Wildman–Crippen LogP) is 4.36. The van der Waals surface area contributed by atoms with Crippen molar-refractivity contribution in [3.05, 3.63) is 83.3 Å². The van der Waals surface area contributed by atoms with Crippen LogP contribution in [0.1, 0.15) is 27.3 Å². The molecule has 0 saturated heterocycles. The van der Waals surface area contributed by atoms with Crippen LogP contribution in [0.2, 0.25) is 0 Å². The van der Waals surface area contributed by atoms with Gasteiger partial charge < -0.3 is 20.4 Å². The molecule has 36 heavy (non-hydrogen) atoms. The monoisotopic (exact) mass is 501 g/mol. The standard InChI is InChI=1S/C26H27N7O2S/c1-16-14-17(2)30-25(29-16)32-24(27-13-12-19-15-28-22-7-5-4-6-21(19)22)33-26(36)31-20-10-8-18(9-11-20)23(34)35-3/h4-11,14-15,28H,12-13H2,1-3H3,(H3,27,29,30,31,32,33,36). The summed E-state index contributed by atoms with van der Waals surface area (Å²) in [6.45, 7) is 4.33. The number of methoxy groups -OCH3 is 1. The Morgan fingerprint density at radius 1 is 1.06 bits per heavy atom. The Morgan fingerprint density at radius 2 is 1.78 bits per heavy atom. The maximum absolute atomic E-state index is 11.7. The van der Waals surface area contributed by atoms with Crippen LogP contribution >= 0.6 is 12.2 Å². The van der Waals surface area contributed by atoms with Crippen LogP contribution in [-0.4, -0.2) is 45.6 Å². The molecule has 0 amide bonds. The van der Waals surface area contributed by atoms with E-state index in [-0.39, 0.29) is 0 Å². The molecule has 0 bridgehead atoms. The van der Waals surface area contributed by atoms with Gasteiger partial charge in [0.15, 0.2) is 5.11 Å². The lowest BCUT2D eigenvalue weighted by molar-refractivity contribution is 0.0601. The van der Waals surface area contributed by atoms with E-state index in [1.54, 1.807) is 24.3 Å². The van der Waals surface area contributed by atoms with E-state index < -0.39 is 5.97 Å². The number of H-pyrrole nitrogens is 1. The molecule has 2 aromatic heterocycles. The van der Waals surface area contributed by atoms with Crippen molar-refractivity contribution in [3.8, 4) is 0 Å². The summed E-state index contributed by atoms with van der Waals surface area (Å²) in [5.74, 6) is 0.448. The lowest BCUT2D eigenvalue weighted by Crippen LogP contribution is -2.39. The molecule has 4 N–H and O–H groups in total. The van der Waals surface area contributed by atoms with E-state index in [0.29, 0.717) is 34.8 Å². The molecule has 0 aliphatic heterocycles. The van der Waals surface area contributed by atoms with Gasteiger partial charge in [-0.25, -0.2) is 14.8 Å². The van der Waals surface area contributed by atoms with Gasteiger partial charge in [0.05, 0.1) is 12.7 Å². The number of nitrogens with zero attached hydrogens (tertiary/aromatic N) is 3. The van der Waals surface area contributed by atoms with E-state index in [0.717, 1.165) is 23.3 Å². The van der Waals surface area contributed by atoms with E-state index >= 15 is 0 Å². The average molecular weight is 502 g/mol. The highest BCUT2D eigenvalue weighted by molar-refractivity contribution is 7.80. The first kappa shape index (κ1) is 24.8. The van der Waals surface area contributed by atoms with Gasteiger partial charge in [-0.3, -0.25) is 10.3 Å². The number of rotatable bonds is 6. The SMILES string of the molecule is COC(=O)c1ccc(NC(=S)NC(=NCCc2c[nH]c3ccccc23)Nc2nc(C)cc(C)n2)cc1. The highest BCUT2D eigenvalue weighted by Crippen LogP contribution is 2.18. The van der Waals surface area contributed by atoms with Crippen molar-refractivity contribution in [2.45, 2.75) is 20.3 Å². The number of fused-ring (bicyclic) bond motifs is 1. The van der Waals surface area contributed by atoms with Crippen LogP contribution in [0, 0.1) is 13.8 Å². The Kier molecular flexibility index (Phi) is 7.86. The van der Waals surface area contributed by atoms with Crippen molar-refractivity contribution in [3.63, 3.8) is 0 Å². The van der Waals surface area contributed by atoms with Gasteiger partial charge in [-0.1, -0.05) is 18.2 Å². The first-order valence-electron chi connectivity index (χ1n) is 11.4. The molecule has 0 fully saturated rings. The zero-order valence-electron chi connectivity index (χ0n) is 20.3.